The number of aliphatic hydroxyl groups excluding tert-OH is 5. The number of allylic oxidation sites excluding steroid dienone is 1. The lowest BCUT2D eigenvalue weighted by molar-refractivity contribution is -0.344. The molecule has 0 bridgehead atoms. The molecule has 12 nitrogen and oxygen atoms in total. The summed E-state index contributed by atoms with van der Waals surface area (Å²) in [5.41, 5.74) is -1.30. The van der Waals surface area contributed by atoms with Crippen LogP contribution in [0.5, 0.6) is 0 Å². The molecule has 0 radical (unpaired) electrons. The molecule has 1 aliphatic carbocycles. The Hall–Kier alpha value is -2.32. The minimum atomic E-state index is -1.70. The molecule has 0 saturated carbocycles. The monoisotopic (exact) mass is 470 g/mol. The molecular formula is C21H26O12. The zero-order valence-corrected chi connectivity index (χ0v) is 17.8. The van der Waals surface area contributed by atoms with Crippen LogP contribution in [0.15, 0.2) is 35.6 Å². The Balaban J connectivity index is 1.67. The van der Waals surface area contributed by atoms with Crippen molar-refractivity contribution in [1.82, 2.24) is 0 Å². The molecular weight excluding hydrogens is 444 g/mol. The maximum atomic E-state index is 12.4. The predicted molar refractivity (Wildman–Crippen MR) is 105 cm³/mol. The summed E-state index contributed by atoms with van der Waals surface area (Å²) < 4.78 is 27.2. The molecule has 12 heteroatoms. The number of fused-ring (bicyclic) bond motifs is 2. The number of aliphatic hydroxyl groups is 5. The fourth-order valence-corrected chi connectivity index (χ4v) is 4.57. The highest BCUT2D eigenvalue weighted by molar-refractivity contribution is 5.94. The number of carbonyl (C=O) groups is 2. The first kappa shape index (κ1) is 23.8. The number of methoxy groups -OCH3 is 1. The van der Waals surface area contributed by atoms with Gasteiger partial charge in [0.1, 0.15) is 24.4 Å². The van der Waals surface area contributed by atoms with E-state index in [1.165, 1.54) is 20.1 Å². The van der Waals surface area contributed by atoms with Crippen LogP contribution in [-0.2, 0) is 33.3 Å². The molecule has 0 aromatic rings. The SMILES string of the molecule is COC(=O)C1=CO[C@@H](O[C@@H]2O[C@H](CO)[C@@H](O)[C@H](O)[C@H]2O)[C@H]2[C@@H]1C=C[C@@]21C=C([C@H](C)O)C(=O)O1. The Kier molecular flexibility index (Phi) is 6.35. The summed E-state index contributed by atoms with van der Waals surface area (Å²) in [6, 6.07) is 0. The Morgan fingerprint density at radius 3 is 2.55 bits per heavy atom. The van der Waals surface area contributed by atoms with Gasteiger partial charge in [0.15, 0.2) is 11.9 Å². The lowest BCUT2D eigenvalue weighted by atomic mass is 9.78. The average molecular weight is 470 g/mol. The molecule has 3 aliphatic heterocycles. The van der Waals surface area contributed by atoms with Gasteiger partial charge in [-0.2, -0.15) is 0 Å². The van der Waals surface area contributed by atoms with Gasteiger partial charge in [-0.25, -0.2) is 9.59 Å². The summed E-state index contributed by atoms with van der Waals surface area (Å²) in [4.78, 5) is 24.7. The quantitative estimate of drug-likeness (QED) is 0.213. The second-order valence-electron chi connectivity index (χ2n) is 8.33. The van der Waals surface area contributed by atoms with E-state index in [4.69, 9.17) is 23.7 Å². The fourth-order valence-electron chi connectivity index (χ4n) is 4.57. The van der Waals surface area contributed by atoms with Gasteiger partial charge in [-0.1, -0.05) is 6.08 Å². The van der Waals surface area contributed by atoms with E-state index in [1.54, 1.807) is 12.2 Å². The maximum Gasteiger partial charge on any atom is 0.337 e. The maximum absolute atomic E-state index is 12.4. The van der Waals surface area contributed by atoms with E-state index in [-0.39, 0.29) is 11.1 Å². The van der Waals surface area contributed by atoms with Crippen molar-refractivity contribution < 1.29 is 58.8 Å². The fraction of sp³-hybridized carbons (Fsp3) is 0.619. The van der Waals surface area contributed by atoms with Crippen LogP contribution < -0.4 is 0 Å². The number of esters is 2. The average Bonchev–Trinajstić information content (AvgIpc) is 3.34. The van der Waals surface area contributed by atoms with Gasteiger partial charge in [0.25, 0.3) is 0 Å². The molecule has 33 heavy (non-hydrogen) atoms. The van der Waals surface area contributed by atoms with Gasteiger partial charge in [-0.15, -0.1) is 0 Å². The summed E-state index contributed by atoms with van der Waals surface area (Å²) in [6.07, 6.45) is -4.38. The van der Waals surface area contributed by atoms with Gasteiger partial charge in [0, 0.05) is 5.92 Å². The summed E-state index contributed by atoms with van der Waals surface area (Å²) in [5, 5.41) is 49.8. The largest absolute Gasteiger partial charge is 0.471 e. The van der Waals surface area contributed by atoms with E-state index in [2.05, 4.69) is 0 Å². The van der Waals surface area contributed by atoms with Crippen molar-refractivity contribution in [3.8, 4) is 0 Å². The Morgan fingerprint density at radius 1 is 1.21 bits per heavy atom. The van der Waals surface area contributed by atoms with E-state index in [1.807, 2.05) is 0 Å². The first-order valence-electron chi connectivity index (χ1n) is 10.4. The molecule has 10 atom stereocenters. The standard InChI is InChI=1S/C21H26O12/c1-8(23)10-5-21(33-18(10)28)4-3-9-11(17(27)29-2)7-30-19(13(9)21)32-20-16(26)15(25)14(24)12(6-22)31-20/h3-5,7-9,12-16,19-20,22-26H,6H2,1-2H3/t8-,9+,12+,13+,14+,15-,16+,19-,20-,21+/m0/s1. The molecule has 0 aromatic heterocycles. The van der Waals surface area contributed by atoms with Crippen LogP contribution in [0.4, 0.5) is 0 Å². The normalized spacial score (nSPS) is 42.8. The van der Waals surface area contributed by atoms with Crippen LogP contribution in [0.25, 0.3) is 0 Å². The molecule has 3 heterocycles. The van der Waals surface area contributed by atoms with Crippen molar-refractivity contribution >= 4 is 11.9 Å². The molecule has 0 aromatic carbocycles. The summed E-state index contributed by atoms with van der Waals surface area (Å²) in [5.74, 6) is -3.03. The van der Waals surface area contributed by atoms with E-state index in [9.17, 15) is 35.1 Å². The predicted octanol–water partition coefficient (Wildman–Crippen LogP) is -2.38. The molecule has 1 fully saturated rings. The number of carbonyl (C=O) groups excluding carboxylic acids is 2. The third-order valence-corrected chi connectivity index (χ3v) is 6.33. The summed E-state index contributed by atoms with van der Waals surface area (Å²) in [6.45, 7) is 0.750. The van der Waals surface area contributed by atoms with Gasteiger partial charge in [0.05, 0.1) is 43.1 Å². The molecule has 5 N–H and O–H groups in total. The molecule has 4 rings (SSSR count). The van der Waals surface area contributed by atoms with Crippen molar-refractivity contribution in [1.29, 1.82) is 0 Å². The van der Waals surface area contributed by atoms with Crippen LogP contribution in [0.1, 0.15) is 6.92 Å². The Bertz CT molecular complexity index is 892. The van der Waals surface area contributed by atoms with Crippen molar-refractivity contribution in [2.45, 2.75) is 55.6 Å². The lowest BCUT2D eigenvalue weighted by Crippen LogP contribution is -2.60. The van der Waals surface area contributed by atoms with Gasteiger partial charge < -0.3 is 49.2 Å². The van der Waals surface area contributed by atoms with Crippen molar-refractivity contribution in [2.24, 2.45) is 11.8 Å². The molecule has 1 spiro atoms. The van der Waals surface area contributed by atoms with Crippen LogP contribution >= 0.6 is 0 Å². The van der Waals surface area contributed by atoms with Crippen molar-refractivity contribution in [3.63, 3.8) is 0 Å². The van der Waals surface area contributed by atoms with Crippen molar-refractivity contribution in [3.05, 3.63) is 35.6 Å². The number of hydrogen-bond donors (Lipinski definition) is 5. The van der Waals surface area contributed by atoms with E-state index in [0.717, 1.165) is 6.26 Å². The van der Waals surface area contributed by atoms with E-state index in [0.29, 0.717) is 0 Å². The molecule has 0 unspecified atom stereocenters. The van der Waals surface area contributed by atoms with Crippen LogP contribution in [0, 0.1) is 11.8 Å². The van der Waals surface area contributed by atoms with Crippen LogP contribution in [-0.4, -0.2) is 99.9 Å². The third kappa shape index (κ3) is 3.87. The lowest BCUT2D eigenvalue weighted by Gasteiger charge is -2.44. The highest BCUT2D eigenvalue weighted by Crippen LogP contribution is 2.50. The second-order valence-corrected chi connectivity index (χ2v) is 8.33. The van der Waals surface area contributed by atoms with Gasteiger partial charge >= 0.3 is 11.9 Å². The minimum absolute atomic E-state index is 0.0149. The number of hydrogen-bond acceptors (Lipinski definition) is 12. The van der Waals surface area contributed by atoms with E-state index >= 15 is 0 Å². The van der Waals surface area contributed by atoms with E-state index < -0.39 is 79.1 Å². The topological polar surface area (TPSA) is 181 Å². The molecule has 4 aliphatic rings. The second kappa shape index (κ2) is 8.80. The molecule has 0 amide bonds. The zero-order valence-electron chi connectivity index (χ0n) is 17.8. The number of ether oxygens (including phenoxy) is 5. The third-order valence-electron chi connectivity index (χ3n) is 6.33. The van der Waals surface area contributed by atoms with Gasteiger partial charge in [-0.05, 0) is 19.1 Å². The Morgan fingerprint density at radius 2 is 1.94 bits per heavy atom. The van der Waals surface area contributed by atoms with Crippen LogP contribution in [0.3, 0.4) is 0 Å². The highest BCUT2D eigenvalue weighted by Gasteiger charge is 2.59. The first-order valence-corrected chi connectivity index (χ1v) is 10.4. The zero-order chi connectivity index (χ0) is 24.1. The first-order chi connectivity index (χ1) is 15.6. The Labute approximate surface area is 188 Å². The smallest absolute Gasteiger partial charge is 0.337 e. The molecule has 182 valence electrons. The number of rotatable bonds is 5. The highest BCUT2D eigenvalue weighted by atomic mass is 16.8. The minimum Gasteiger partial charge on any atom is -0.471 e. The van der Waals surface area contributed by atoms with Gasteiger partial charge in [0.2, 0.25) is 6.29 Å². The van der Waals surface area contributed by atoms with Crippen LogP contribution in [0.2, 0.25) is 0 Å². The van der Waals surface area contributed by atoms with Crippen molar-refractivity contribution in [2.75, 3.05) is 13.7 Å². The summed E-state index contributed by atoms with van der Waals surface area (Å²) >= 11 is 0. The van der Waals surface area contributed by atoms with Gasteiger partial charge in [-0.3, -0.25) is 0 Å². The summed E-state index contributed by atoms with van der Waals surface area (Å²) in [7, 11) is 1.20. The molecule has 1 saturated heterocycles.